The van der Waals surface area contributed by atoms with Gasteiger partial charge < -0.3 is 0 Å². The molecule has 5 heteroatoms. The second-order valence-corrected chi connectivity index (χ2v) is 14.3. The summed E-state index contributed by atoms with van der Waals surface area (Å²) in [6, 6.07) is 63.9. The standard InChI is InChI=1S/C52H33N5/c1-3-13-34(14-4-1)45-23-12-24-49(55-45)57-47-26-25-36(32-43(47)44-33-53-29-28-48(44)57)46-27-30-54-52(56-46)38-18-11-17-37(31-38)51-41-21-9-7-19-39(41)50(35-15-5-2-6-16-35)40-20-8-10-22-42(40)51/h1-33H. The summed E-state index contributed by atoms with van der Waals surface area (Å²) in [6.45, 7) is 0. The molecule has 0 unspecified atom stereocenters. The molecule has 0 spiro atoms. The van der Waals surface area contributed by atoms with Gasteiger partial charge in [0.1, 0.15) is 5.82 Å². The lowest BCUT2D eigenvalue weighted by Crippen LogP contribution is -1.98. The topological polar surface area (TPSA) is 56.5 Å². The molecule has 0 aliphatic carbocycles. The van der Waals surface area contributed by atoms with Gasteiger partial charge in [-0.25, -0.2) is 15.0 Å². The van der Waals surface area contributed by atoms with Crippen LogP contribution < -0.4 is 0 Å². The van der Waals surface area contributed by atoms with Crippen LogP contribution in [-0.2, 0) is 0 Å². The van der Waals surface area contributed by atoms with Gasteiger partial charge in [0.2, 0.25) is 0 Å². The number of pyridine rings is 2. The molecular formula is C52H33N5. The lowest BCUT2D eigenvalue weighted by Gasteiger charge is -2.18. The SMILES string of the molecule is c1ccc(-c2cccc(-n3c4ccncc4c4cc(-c5ccnc(-c6cccc(-c7c8ccccc8c(-c8ccccc8)c8ccccc78)c6)n5)ccc43)n2)cc1. The zero-order valence-corrected chi connectivity index (χ0v) is 30.8. The molecule has 0 N–H and O–H groups in total. The average molecular weight is 728 g/mol. The van der Waals surface area contributed by atoms with Crippen molar-refractivity contribution in [3.8, 4) is 62.0 Å². The molecule has 4 heterocycles. The van der Waals surface area contributed by atoms with Crippen LogP contribution in [0.5, 0.6) is 0 Å². The van der Waals surface area contributed by atoms with Crippen LogP contribution in [0.3, 0.4) is 0 Å². The second-order valence-electron chi connectivity index (χ2n) is 14.3. The van der Waals surface area contributed by atoms with Gasteiger partial charge >= 0.3 is 0 Å². The van der Waals surface area contributed by atoms with Crippen LogP contribution >= 0.6 is 0 Å². The lowest BCUT2D eigenvalue weighted by atomic mass is 9.86. The number of nitrogens with zero attached hydrogens (tertiary/aromatic N) is 5. The van der Waals surface area contributed by atoms with Crippen LogP contribution in [0, 0.1) is 0 Å². The van der Waals surface area contributed by atoms with Crippen molar-refractivity contribution in [1.29, 1.82) is 0 Å². The molecule has 4 aromatic heterocycles. The molecule has 266 valence electrons. The Morgan fingerprint density at radius 1 is 0.351 bits per heavy atom. The van der Waals surface area contributed by atoms with Crippen molar-refractivity contribution in [1.82, 2.24) is 24.5 Å². The number of benzene rings is 7. The zero-order chi connectivity index (χ0) is 37.7. The van der Waals surface area contributed by atoms with E-state index in [1.54, 1.807) is 0 Å². The summed E-state index contributed by atoms with van der Waals surface area (Å²) >= 11 is 0. The maximum Gasteiger partial charge on any atom is 0.159 e. The summed E-state index contributed by atoms with van der Waals surface area (Å²) in [5.41, 5.74) is 11.7. The predicted octanol–water partition coefficient (Wildman–Crippen LogP) is 13.0. The van der Waals surface area contributed by atoms with E-state index < -0.39 is 0 Å². The quantitative estimate of drug-likeness (QED) is 0.160. The van der Waals surface area contributed by atoms with Gasteiger partial charge in [0.25, 0.3) is 0 Å². The molecule has 7 aromatic carbocycles. The first-order valence-corrected chi connectivity index (χ1v) is 19.1. The van der Waals surface area contributed by atoms with Crippen molar-refractivity contribution in [3.63, 3.8) is 0 Å². The Morgan fingerprint density at radius 2 is 0.947 bits per heavy atom. The van der Waals surface area contributed by atoms with Gasteiger partial charge in [-0.05, 0) is 86.3 Å². The molecule has 5 nitrogen and oxygen atoms in total. The third kappa shape index (κ3) is 5.56. The molecule has 0 radical (unpaired) electrons. The number of aromatic nitrogens is 5. The molecule has 0 bridgehead atoms. The van der Waals surface area contributed by atoms with E-state index in [0.717, 1.165) is 61.3 Å². The highest BCUT2D eigenvalue weighted by molar-refractivity contribution is 6.21. The molecule has 0 amide bonds. The summed E-state index contributed by atoms with van der Waals surface area (Å²) in [6.07, 6.45) is 5.64. The Kier molecular flexibility index (Phi) is 7.74. The van der Waals surface area contributed by atoms with E-state index >= 15 is 0 Å². The van der Waals surface area contributed by atoms with Crippen molar-refractivity contribution < 1.29 is 0 Å². The largest absolute Gasteiger partial charge is 0.294 e. The van der Waals surface area contributed by atoms with Crippen LogP contribution in [0.4, 0.5) is 0 Å². The molecule has 0 aliphatic rings. The van der Waals surface area contributed by atoms with Gasteiger partial charge in [0.15, 0.2) is 5.82 Å². The maximum absolute atomic E-state index is 5.18. The molecule has 0 saturated heterocycles. The first-order chi connectivity index (χ1) is 28.3. The van der Waals surface area contributed by atoms with Crippen molar-refractivity contribution >= 4 is 43.4 Å². The molecule has 0 saturated carbocycles. The molecule has 57 heavy (non-hydrogen) atoms. The molecule has 11 rings (SSSR count). The van der Waals surface area contributed by atoms with Crippen LogP contribution in [0.25, 0.3) is 105 Å². The predicted molar refractivity (Wildman–Crippen MR) is 234 cm³/mol. The number of fused-ring (bicyclic) bond motifs is 5. The van der Waals surface area contributed by atoms with Gasteiger partial charge in [0.05, 0.1) is 22.4 Å². The first kappa shape index (κ1) is 32.7. The van der Waals surface area contributed by atoms with Gasteiger partial charge in [-0.1, -0.05) is 140 Å². The number of hydrogen-bond donors (Lipinski definition) is 0. The highest BCUT2D eigenvalue weighted by atomic mass is 15.1. The third-order valence-corrected chi connectivity index (χ3v) is 11.0. The summed E-state index contributed by atoms with van der Waals surface area (Å²) in [4.78, 5) is 19.6. The van der Waals surface area contributed by atoms with Crippen LogP contribution in [0.1, 0.15) is 0 Å². The Balaban J connectivity index is 1.02. The van der Waals surface area contributed by atoms with Gasteiger partial charge in [-0.2, -0.15) is 0 Å². The second kappa shape index (κ2) is 13.5. The van der Waals surface area contributed by atoms with Crippen LogP contribution in [-0.4, -0.2) is 24.5 Å². The van der Waals surface area contributed by atoms with Gasteiger partial charge in [0, 0.05) is 46.1 Å². The molecule has 0 fully saturated rings. The summed E-state index contributed by atoms with van der Waals surface area (Å²) < 4.78 is 2.22. The fraction of sp³-hybridized carbons (Fsp3) is 0. The molecule has 0 atom stereocenters. The Labute approximate surface area is 329 Å². The van der Waals surface area contributed by atoms with E-state index in [0.29, 0.717) is 5.82 Å². The van der Waals surface area contributed by atoms with Gasteiger partial charge in [-0.15, -0.1) is 0 Å². The smallest absolute Gasteiger partial charge is 0.159 e. The van der Waals surface area contributed by atoms with E-state index in [-0.39, 0.29) is 0 Å². The normalized spacial score (nSPS) is 11.5. The Bertz CT molecular complexity index is 3240. The van der Waals surface area contributed by atoms with Crippen molar-refractivity contribution in [2.24, 2.45) is 0 Å². The molecule has 0 aliphatic heterocycles. The highest BCUT2D eigenvalue weighted by Crippen LogP contribution is 2.44. The van der Waals surface area contributed by atoms with Crippen molar-refractivity contribution in [2.75, 3.05) is 0 Å². The maximum atomic E-state index is 5.18. The first-order valence-electron chi connectivity index (χ1n) is 19.1. The van der Waals surface area contributed by atoms with Crippen molar-refractivity contribution in [2.45, 2.75) is 0 Å². The minimum atomic E-state index is 0.676. The highest BCUT2D eigenvalue weighted by Gasteiger charge is 2.18. The molecule has 11 aromatic rings. The minimum absolute atomic E-state index is 0.676. The van der Waals surface area contributed by atoms with E-state index in [9.17, 15) is 0 Å². The van der Waals surface area contributed by atoms with E-state index in [1.807, 2.05) is 42.9 Å². The number of hydrogen-bond acceptors (Lipinski definition) is 4. The Hall–Kier alpha value is -7.76. The summed E-state index contributed by atoms with van der Waals surface area (Å²) in [5.74, 6) is 1.53. The van der Waals surface area contributed by atoms with E-state index in [4.69, 9.17) is 15.0 Å². The van der Waals surface area contributed by atoms with Gasteiger partial charge in [-0.3, -0.25) is 9.55 Å². The minimum Gasteiger partial charge on any atom is -0.294 e. The Morgan fingerprint density at radius 3 is 1.68 bits per heavy atom. The average Bonchev–Trinajstić information content (AvgIpc) is 3.62. The fourth-order valence-corrected chi connectivity index (χ4v) is 8.42. The zero-order valence-electron chi connectivity index (χ0n) is 30.8. The summed E-state index contributed by atoms with van der Waals surface area (Å²) in [5, 5.41) is 7.03. The van der Waals surface area contributed by atoms with Crippen molar-refractivity contribution in [3.05, 3.63) is 201 Å². The fourth-order valence-electron chi connectivity index (χ4n) is 8.42. The van der Waals surface area contributed by atoms with Crippen LogP contribution in [0.2, 0.25) is 0 Å². The van der Waals surface area contributed by atoms with E-state index in [1.165, 1.54) is 38.2 Å². The number of rotatable bonds is 6. The van der Waals surface area contributed by atoms with Crippen LogP contribution in [0.15, 0.2) is 201 Å². The third-order valence-electron chi connectivity index (χ3n) is 11.0. The van der Waals surface area contributed by atoms with E-state index in [2.05, 4.69) is 167 Å². The monoisotopic (exact) mass is 727 g/mol. The lowest BCUT2D eigenvalue weighted by molar-refractivity contribution is 1.08. The summed E-state index contributed by atoms with van der Waals surface area (Å²) in [7, 11) is 0. The molecular weight excluding hydrogens is 695 g/mol.